The Balaban J connectivity index is 2.11. The molecule has 3 heteroatoms. The molecule has 0 heterocycles. The maximum absolute atomic E-state index is 11.9. The van der Waals surface area contributed by atoms with Gasteiger partial charge in [-0.25, -0.2) is 0 Å². The van der Waals surface area contributed by atoms with E-state index in [9.17, 15) is 4.79 Å². The van der Waals surface area contributed by atoms with Gasteiger partial charge in [0.1, 0.15) is 5.60 Å². The molecule has 2 aromatic rings. The van der Waals surface area contributed by atoms with Crippen molar-refractivity contribution in [3.8, 4) is 11.1 Å². The predicted molar refractivity (Wildman–Crippen MR) is 89.3 cm³/mol. The van der Waals surface area contributed by atoms with Gasteiger partial charge in [-0.3, -0.25) is 4.79 Å². The van der Waals surface area contributed by atoms with E-state index >= 15 is 0 Å². The zero-order valence-electron chi connectivity index (χ0n) is 13.4. The van der Waals surface area contributed by atoms with Crippen molar-refractivity contribution in [1.82, 2.24) is 0 Å². The highest BCUT2D eigenvalue weighted by Crippen LogP contribution is 2.24. The van der Waals surface area contributed by atoms with Crippen LogP contribution in [0.15, 0.2) is 54.6 Å². The summed E-state index contributed by atoms with van der Waals surface area (Å²) in [6, 6.07) is 17.7. The van der Waals surface area contributed by atoms with Crippen LogP contribution in [-0.4, -0.2) is 11.6 Å². The van der Waals surface area contributed by atoms with Gasteiger partial charge in [0.05, 0.1) is 6.42 Å². The fourth-order valence-corrected chi connectivity index (χ4v) is 2.26. The number of carbonyl (C=O) groups is 1. The first kappa shape index (κ1) is 16.2. The van der Waals surface area contributed by atoms with E-state index in [1.54, 1.807) is 0 Å². The first-order valence-electron chi connectivity index (χ1n) is 7.48. The van der Waals surface area contributed by atoms with Crippen molar-refractivity contribution in [2.24, 2.45) is 5.73 Å². The Bertz CT molecular complexity index is 629. The van der Waals surface area contributed by atoms with E-state index in [0.717, 1.165) is 16.7 Å². The van der Waals surface area contributed by atoms with Gasteiger partial charge in [0.25, 0.3) is 0 Å². The zero-order chi connectivity index (χ0) is 16.2. The van der Waals surface area contributed by atoms with E-state index in [0.29, 0.717) is 0 Å². The molecule has 2 rings (SSSR count). The quantitative estimate of drug-likeness (QED) is 0.865. The molecule has 0 bridgehead atoms. The van der Waals surface area contributed by atoms with Crippen molar-refractivity contribution < 1.29 is 9.53 Å². The Morgan fingerprint density at radius 1 is 1.05 bits per heavy atom. The number of hydrogen-bond donors (Lipinski definition) is 1. The SMILES string of the molecule is CC(C)(C)OC(=O)CC(N)c1cccc(-c2ccccc2)c1. The second kappa shape index (κ2) is 6.75. The van der Waals surface area contributed by atoms with Crippen LogP contribution in [0.25, 0.3) is 11.1 Å². The monoisotopic (exact) mass is 297 g/mol. The fourth-order valence-electron chi connectivity index (χ4n) is 2.26. The summed E-state index contributed by atoms with van der Waals surface area (Å²) in [5.41, 5.74) is 8.84. The molecule has 116 valence electrons. The van der Waals surface area contributed by atoms with Crippen LogP contribution in [-0.2, 0) is 9.53 Å². The molecule has 2 N–H and O–H groups in total. The Kier molecular flexibility index (Phi) is 4.99. The molecule has 0 saturated heterocycles. The number of hydrogen-bond acceptors (Lipinski definition) is 3. The average molecular weight is 297 g/mol. The van der Waals surface area contributed by atoms with E-state index in [2.05, 4.69) is 12.1 Å². The van der Waals surface area contributed by atoms with Crippen LogP contribution in [0.1, 0.15) is 38.8 Å². The van der Waals surface area contributed by atoms with Gasteiger partial charge in [0, 0.05) is 6.04 Å². The maximum Gasteiger partial charge on any atom is 0.308 e. The Morgan fingerprint density at radius 3 is 2.32 bits per heavy atom. The number of benzene rings is 2. The van der Waals surface area contributed by atoms with E-state index in [-0.39, 0.29) is 18.4 Å². The van der Waals surface area contributed by atoms with Crippen molar-refractivity contribution in [2.75, 3.05) is 0 Å². The summed E-state index contributed by atoms with van der Waals surface area (Å²) < 4.78 is 5.33. The lowest BCUT2D eigenvalue weighted by molar-refractivity contribution is -0.155. The molecule has 0 aromatic heterocycles. The van der Waals surface area contributed by atoms with Crippen molar-refractivity contribution in [3.63, 3.8) is 0 Å². The number of ether oxygens (including phenoxy) is 1. The molecule has 3 nitrogen and oxygen atoms in total. The van der Waals surface area contributed by atoms with Crippen LogP contribution in [0.5, 0.6) is 0 Å². The van der Waals surface area contributed by atoms with Crippen LogP contribution in [0.3, 0.4) is 0 Å². The molecule has 1 unspecified atom stereocenters. The van der Waals surface area contributed by atoms with Crippen LogP contribution >= 0.6 is 0 Å². The molecule has 0 aliphatic heterocycles. The van der Waals surface area contributed by atoms with E-state index < -0.39 is 5.60 Å². The van der Waals surface area contributed by atoms with Crippen molar-refractivity contribution in [1.29, 1.82) is 0 Å². The largest absolute Gasteiger partial charge is 0.460 e. The average Bonchev–Trinajstić information content (AvgIpc) is 2.46. The molecule has 0 aliphatic rings. The second-order valence-corrected chi connectivity index (χ2v) is 6.39. The number of nitrogens with two attached hydrogens (primary N) is 1. The molecule has 0 saturated carbocycles. The summed E-state index contributed by atoms with van der Waals surface area (Å²) in [7, 11) is 0. The molecule has 0 amide bonds. The van der Waals surface area contributed by atoms with Crippen molar-refractivity contribution >= 4 is 5.97 Å². The van der Waals surface area contributed by atoms with Crippen LogP contribution < -0.4 is 5.73 Å². The van der Waals surface area contributed by atoms with Crippen molar-refractivity contribution in [3.05, 3.63) is 60.2 Å². The minimum absolute atomic E-state index is 0.176. The van der Waals surface area contributed by atoms with Gasteiger partial charge >= 0.3 is 5.97 Å². The normalized spacial score (nSPS) is 12.7. The number of rotatable bonds is 4. The van der Waals surface area contributed by atoms with Gasteiger partial charge in [-0.15, -0.1) is 0 Å². The van der Waals surface area contributed by atoms with Gasteiger partial charge < -0.3 is 10.5 Å². The highest BCUT2D eigenvalue weighted by Gasteiger charge is 2.19. The van der Waals surface area contributed by atoms with Crippen LogP contribution in [0, 0.1) is 0 Å². The third kappa shape index (κ3) is 4.71. The van der Waals surface area contributed by atoms with Crippen molar-refractivity contribution in [2.45, 2.75) is 38.8 Å². The molecule has 0 fully saturated rings. The first-order valence-corrected chi connectivity index (χ1v) is 7.48. The molecule has 2 aromatic carbocycles. The first-order chi connectivity index (χ1) is 10.3. The van der Waals surface area contributed by atoms with Gasteiger partial charge in [-0.05, 0) is 43.5 Å². The second-order valence-electron chi connectivity index (χ2n) is 6.39. The van der Waals surface area contributed by atoms with Gasteiger partial charge in [-0.2, -0.15) is 0 Å². The molecule has 22 heavy (non-hydrogen) atoms. The Morgan fingerprint density at radius 2 is 1.68 bits per heavy atom. The summed E-state index contributed by atoms with van der Waals surface area (Å²) in [5, 5.41) is 0. The third-order valence-electron chi connectivity index (χ3n) is 3.23. The van der Waals surface area contributed by atoms with Crippen LogP contribution in [0.2, 0.25) is 0 Å². The Hall–Kier alpha value is -2.13. The standard InChI is InChI=1S/C19H23NO2/c1-19(2,3)22-18(21)13-17(20)16-11-7-10-15(12-16)14-8-5-4-6-9-14/h4-12,17H,13,20H2,1-3H3. The number of esters is 1. The van der Waals surface area contributed by atoms with Gasteiger partial charge in [0.2, 0.25) is 0 Å². The maximum atomic E-state index is 11.9. The minimum atomic E-state index is -0.483. The Labute approximate surface area is 132 Å². The molecule has 0 spiro atoms. The topological polar surface area (TPSA) is 52.3 Å². The summed E-state index contributed by atoms with van der Waals surface area (Å²) in [6.07, 6.45) is 0.176. The summed E-state index contributed by atoms with van der Waals surface area (Å²) in [6.45, 7) is 5.56. The lowest BCUT2D eigenvalue weighted by Crippen LogP contribution is -2.26. The third-order valence-corrected chi connectivity index (χ3v) is 3.23. The highest BCUT2D eigenvalue weighted by atomic mass is 16.6. The molecule has 1 atom stereocenters. The molecular formula is C19H23NO2. The lowest BCUT2D eigenvalue weighted by atomic mass is 9.98. The predicted octanol–water partition coefficient (Wildman–Crippen LogP) is 4.09. The molecule has 0 radical (unpaired) electrons. The minimum Gasteiger partial charge on any atom is -0.460 e. The van der Waals surface area contributed by atoms with Gasteiger partial charge in [0.15, 0.2) is 0 Å². The lowest BCUT2D eigenvalue weighted by Gasteiger charge is -2.21. The number of carbonyl (C=O) groups excluding carboxylic acids is 1. The van der Waals surface area contributed by atoms with E-state index in [1.165, 1.54) is 0 Å². The summed E-state index contributed by atoms with van der Waals surface area (Å²) in [5.74, 6) is -0.273. The molecule has 0 aliphatic carbocycles. The van der Waals surface area contributed by atoms with E-state index in [4.69, 9.17) is 10.5 Å². The summed E-state index contributed by atoms with van der Waals surface area (Å²) >= 11 is 0. The fraction of sp³-hybridized carbons (Fsp3) is 0.316. The highest BCUT2D eigenvalue weighted by molar-refractivity contribution is 5.71. The molecular weight excluding hydrogens is 274 g/mol. The smallest absolute Gasteiger partial charge is 0.308 e. The van der Waals surface area contributed by atoms with Crippen LogP contribution in [0.4, 0.5) is 0 Å². The summed E-state index contributed by atoms with van der Waals surface area (Å²) in [4.78, 5) is 11.9. The van der Waals surface area contributed by atoms with Gasteiger partial charge in [-0.1, -0.05) is 48.5 Å². The van der Waals surface area contributed by atoms with E-state index in [1.807, 2.05) is 63.2 Å². The zero-order valence-corrected chi connectivity index (χ0v) is 13.4.